The molecule has 0 saturated heterocycles. The highest BCUT2D eigenvalue weighted by atomic mass is 16.5. The highest BCUT2D eigenvalue weighted by molar-refractivity contribution is 5.81. The van der Waals surface area contributed by atoms with Gasteiger partial charge in [0.25, 0.3) is 0 Å². The monoisotopic (exact) mass is 281 g/mol. The zero-order valence-corrected chi connectivity index (χ0v) is 13.2. The van der Waals surface area contributed by atoms with Gasteiger partial charge < -0.3 is 4.74 Å². The number of carbonyl (C=O) groups is 1. The van der Waals surface area contributed by atoms with Gasteiger partial charge in [-0.05, 0) is 51.4 Å². The van der Waals surface area contributed by atoms with E-state index in [-0.39, 0.29) is 11.5 Å². The Balaban J connectivity index is 1.99. The molecule has 0 spiro atoms. The molecule has 0 radical (unpaired) electrons. The van der Waals surface area contributed by atoms with Crippen LogP contribution in [0.3, 0.4) is 0 Å². The molecule has 0 bridgehead atoms. The van der Waals surface area contributed by atoms with Crippen LogP contribution in [0.15, 0.2) is 0 Å². The third-order valence-electron chi connectivity index (χ3n) is 5.16. The Bertz CT molecular complexity index is 302. The third kappa shape index (κ3) is 3.75. The molecular weight excluding hydrogens is 250 g/mol. The van der Waals surface area contributed by atoms with E-state index in [1.807, 2.05) is 6.92 Å². The van der Waals surface area contributed by atoms with Crippen LogP contribution in [0, 0.1) is 5.92 Å². The van der Waals surface area contributed by atoms with Crippen LogP contribution in [-0.4, -0.2) is 24.2 Å². The molecule has 0 amide bonds. The van der Waals surface area contributed by atoms with E-state index in [0.29, 0.717) is 12.6 Å². The standard InChI is InChI=1S/C17H31NO2/c1-3-7-14-10-12-17(13-11-14,16(19)20-4-2)18-15-8-5-6-9-15/h14-15,18H,3-13H2,1-2H3. The molecule has 116 valence electrons. The number of hydrogen-bond acceptors (Lipinski definition) is 3. The van der Waals surface area contributed by atoms with Crippen molar-refractivity contribution in [3.8, 4) is 0 Å². The fourth-order valence-electron chi connectivity index (χ4n) is 4.00. The summed E-state index contributed by atoms with van der Waals surface area (Å²) in [4.78, 5) is 12.5. The average Bonchev–Trinajstić information content (AvgIpc) is 2.94. The smallest absolute Gasteiger partial charge is 0.326 e. The lowest BCUT2D eigenvalue weighted by atomic mass is 9.74. The van der Waals surface area contributed by atoms with Crippen LogP contribution in [0.25, 0.3) is 0 Å². The molecule has 0 heterocycles. The molecular formula is C17H31NO2. The van der Waals surface area contributed by atoms with Gasteiger partial charge in [0, 0.05) is 6.04 Å². The lowest BCUT2D eigenvalue weighted by Gasteiger charge is -2.40. The van der Waals surface area contributed by atoms with Gasteiger partial charge in [-0.2, -0.15) is 0 Å². The highest BCUT2D eigenvalue weighted by Gasteiger charge is 2.44. The Morgan fingerprint density at radius 3 is 2.35 bits per heavy atom. The van der Waals surface area contributed by atoms with E-state index in [1.165, 1.54) is 51.4 Å². The van der Waals surface area contributed by atoms with Crippen LogP contribution in [0.5, 0.6) is 0 Å². The van der Waals surface area contributed by atoms with E-state index in [2.05, 4.69) is 12.2 Å². The van der Waals surface area contributed by atoms with Crippen molar-refractivity contribution in [3.63, 3.8) is 0 Å². The molecule has 2 saturated carbocycles. The summed E-state index contributed by atoms with van der Waals surface area (Å²) in [5.41, 5.74) is -0.380. The summed E-state index contributed by atoms with van der Waals surface area (Å²) in [7, 11) is 0. The molecule has 20 heavy (non-hydrogen) atoms. The molecule has 0 unspecified atom stereocenters. The zero-order valence-electron chi connectivity index (χ0n) is 13.2. The maximum atomic E-state index is 12.5. The molecule has 0 aromatic heterocycles. The molecule has 3 nitrogen and oxygen atoms in total. The molecule has 0 atom stereocenters. The topological polar surface area (TPSA) is 38.3 Å². The van der Waals surface area contributed by atoms with Crippen molar-refractivity contribution in [1.29, 1.82) is 0 Å². The SMILES string of the molecule is CCCC1CCC(NC2CCCC2)(C(=O)OCC)CC1. The molecule has 2 aliphatic carbocycles. The molecule has 2 aliphatic rings. The van der Waals surface area contributed by atoms with Gasteiger partial charge in [-0.1, -0.05) is 32.6 Å². The van der Waals surface area contributed by atoms with Crippen molar-refractivity contribution >= 4 is 5.97 Å². The van der Waals surface area contributed by atoms with Gasteiger partial charge in [-0.15, -0.1) is 0 Å². The summed E-state index contributed by atoms with van der Waals surface area (Å²) in [6, 6.07) is 0.530. The van der Waals surface area contributed by atoms with Crippen LogP contribution in [0.1, 0.15) is 78.1 Å². The molecule has 1 N–H and O–H groups in total. The summed E-state index contributed by atoms with van der Waals surface area (Å²) in [6.07, 6.45) is 11.9. The Hall–Kier alpha value is -0.570. The van der Waals surface area contributed by atoms with Crippen molar-refractivity contribution < 1.29 is 9.53 Å². The van der Waals surface area contributed by atoms with Crippen LogP contribution in [-0.2, 0) is 9.53 Å². The molecule has 2 fully saturated rings. The number of hydrogen-bond donors (Lipinski definition) is 1. The second-order valence-electron chi connectivity index (χ2n) is 6.66. The third-order valence-corrected chi connectivity index (χ3v) is 5.16. The lowest BCUT2D eigenvalue weighted by Crippen LogP contribution is -2.57. The van der Waals surface area contributed by atoms with Gasteiger partial charge in [0.1, 0.15) is 5.54 Å². The van der Waals surface area contributed by atoms with E-state index in [9.17, 15) is 4.79 Å². The van der Waals surface area contributed by atoms with Crippen molar-refractivity contribution in [2.45, 2.75) is 89.6 Å². The second-order valence-corrected chi connectivity index (χ2v) is 6.66. The molecule has 0 aromatic carbocycles. The summed E-state index contributed by atoms with van der Waals surface area (Å²) >= 11 is 0. The van der Waals surface area contributed by atoms with Gasteiger partial charge >= 0.3 is 5.97 Å². The number of carbonyl (C=O) groups excluding carboxylic acids is 1. The van der Waals surface area contributed by atoms with Gasteiger partial charge in [0.15, 0.2) is 0 Å². The predicted octanol–water partition coefficient (Wildman–Crippen LogP) is 3.81. The van der Waals surface area contributed by atoms with Crippen molar-refractivity contribution in [3.05, 3.63) is 0 Å². The Morgan fingerprint density at radius 1 is 1.15 bits per heavy atom. The summed E-state index contributed by atoms with van der Waals surface area (Å²) in [5.74, 6) is 0.815. The van der Waals surface area contributed by atoms with Gasteiger partial charge in [-0.25, -0.2) is 0 Å². The Labute approximate surface area is 123 Å². The first kappa shape index (κ1) is 15.8. The van der Waals surface area contributed by atoms with E-state index >= 15 is 0 Å². The van der Waals surface area contributed by atoms with E-state index in [0.717, 1.165) is 18.8 Å². The van der Waals surface area contributed by atoms with Crippen LogP contribution >= 0.6 is 0 Å². The van der Waals surface area contributed by atoms with Gasteiger partial charge in [-0.3, -0.25) is 10.1 Å². The summed E-state index contributed by atoms with van der Waals surface area (Å²) in [6.45, 7) is 4.65. The minimum absolute atomic E-state index is 0.00171. The minimum atomic E-state index is -0.380. The highest BCUT2D eigenvalue weighted by Crippen LogP contribution is 2.37. The van der Waals surface area contributed by atoms with Gasteiger partial charge in [0.05, 0.1) is 6.61 Å². The zero-order chi connectivity index (χ0) is 14.4. The first-order chi connectivity index (χ1) is 9.70. The summed E-state index contributed by atoms with van der Waals surface area (Å²) in [5, 5.41) is 3.70. The molecule has 0 aromatic rings. The Kier molecular flexibility index (Phi) is 5.88. The second kappa shape index (κ2) is 7.44. The van der Waals surface area contributed by atoms with Crippen molar-refractivity contribution in [2.24, 2.45) is 5.92 Å². The van der Waals surface area contributed by atoms with E-state index in [1.54, 1.807) is 0 Å². The van der Waals surface area contributed by atoms with Gasteiger partial charge in [0.2, 0.25) is 0 Å². The molecule has 0 aliphatic heterocycles. The predicted molar refractivity (Wildman–Crippen MR) is 81.6 cm³/mol. The summed E-state index contributed by atoms with van der Waals surface area (Å²) < 4.78 is 5.39. The fraction of sp³-hybridized carbons (Fsp3) is 0.941. The maximum Gasteiger partial charge on any atom is 0.326 e. The normalized spacial score (nSPS) is 31.4. The number of nitrogens with one attached hydrogen (secondary N) is 1. The minimum Gasteiger partial charge on any atom is -0.465 e. The quantitative estimate of drug-likeness (QED) is 0.752. The fourth-order valence-corrected chi connectivity index (χ4v) is 4.00. The van der Waals surface area contributed by atoms with Crippen LogP contribution in [0.2, 0.25) is 0 Å². The van der Waals surface area contributed by atoms with E-state index in [4.69, 9.17) is 4.74 Å². The number of rotatable bonds is 6. The van der Waals surface area contributed by atoms with Crippen LogP contribution < -0.4 is 5.32 Å². The van der Waals surface area contributed by atoms with Crippen molar-refractivity contribution in [1.82, 2.24) is 5.32 Å². The molecule has 2 rings (SSSR count). The maximum absolute atomic E-state index is 12.5. The molecule has 3 heteroatoms. The number of ether oxygens (including phenoxy) is 1. The lowest BCUT2D eigenvalue weighted by molar-refractivity contribution is -0.153. The largest absolute Gasteiger partial charge is 0.465 e. The van der Waals surface area contributed by atoms with Crippen molar-refractivity contribution in [2.75, 3.05) is 6.61 Å². The number of esters is 1. The Morgan fingerprint density at radius 2 is 1.80 bits per heavy atom. The van der Waals surface area contributed by atoms with Crippen LogP contribution in [0.4, 0.5) is 0 Å². The first-order valence-corrected chi connectivity index (χ1v) is 8.65. The van der Waals surface area contributed by atoms with E-state index < -0.39 is 0 Å². The average molecular weight is 281 g/mol. The first-order valence-electron chi connectivity index (χ1n) is 8.65.